The molecule has 0 radical (unpaired) electrons. The Morgan fingerprint density at radius 2 is 2.04 bits per heavy atom. The average Bonchev–Trinajstić information content (AvgIpc) is 2.54. The molecule has 3 nitrogen and oxygen atoms in total. The lowest BCUT2D eigenvalue weighted by atomic mass is 9.98. The number of benzene rings is 1. The fourth-order valence-corrected chi connectivity index (χ4v) is 2.91. The molecule has 0 aliphatic carbocycles. The van der Waals surface area contributed by atoms with Gasteiger partial charge in [0.05, 0.1) is 13.0 Å². The number of methoxy groups -OCH3 is 1. The Bertz CT molecular complexity index is 519. The van der Waals surface area contributed by atoms with Gasteiger partial charge in [0.25, 0.3) is 0 Å². The highest BCUT2D eigenvalue weighted by Crippen LogP contribution is 2.33. The van der Waals surface area contributed by atoms with E-state index in [0.29, 0.717) is 24.6 Å². The quantitative estimate of drug-likeness (QED) is 0.845. The van der Waals surface area contributed by atoms with Crippen LogP contribution in [0.1, 0.15) is 18.4 Å². The number of hydrogen-bond acceptors (Lipinski definition) is 2. The van der Waals surface area contributed by atoms with Crippen LogP contribution in [0, 0.1) is 5.92 Å². The zero-order chi connectivity index (χ0) is 16.9. The zero-order valence-electron chi connectivity index (χ0n) is 13.0. The van der Waals surface area contributed by atoms with Crippen LogP contribution in [-0.2, 0) is 6.42 Å². The number of hydrogen-bond donors (Lipinski definition) is 1. The van der Waals surface area contributed by atoms with Crippen molar-refractivity contribution < 1.29 is 17.9 Å². The number of rotatable bonds is 4. The summed E-state index contributed by atoms with van der Waals surface area (Å²) in [4.78, 5) is 1.63. The van der Waals surface area contributed by atoms with Gasteiger partial charge in [-0.15, -0.1) is 0 Å². The second-order valence-electron chi connectivity index (χ2n) is 5.66. The Balaban J connectivity index is 1.77. The number of nitrogens with zero attached hydrogens (tertiary/aromatic N) is 1. The first-order valence-electron chi connectivity index (χ1n) is 7.62. The minimum absolute atomic E-state index is 0.0438. The highest BCUT2D eigenvalue weighted by Gasteiger charge is 2.42. The van der Waals surface area contributed by atoms with E-state index in [1.165, 1.54) is 0 Å². The van der Waals surface area contributed by atoms with Crippen molar-refractivity contribution in [2.24, 2.45) is 5.92 Å². The van der Waals surface area contributed by atoms with Gasteiger partial charge >= 0.3 is 6.18 Å². The second-order valence-corrected chi connectivity index (χ2v) is 6.04. The van der Waals surface area contributed by atoms with Gasteiger partial charge in [-0.1, -0.05) is 12.1 Å². The molecule has 1 fully saturated rings. The molecule has 1 aromatic carbocycles. The van der Waals surface area contributed by atoms with E-state index in [-0.39, 0.29) is 13.0 Å². The molecule has 0 saturated carbocycles. The van der Waals surface area contributed by atoms with E-state index >= 15 is 0 Å². The zero-order valence-corrected chi connectivity index (χ0v) is 13.8. The number of piperidine rings is 1. The van der Waals surface area contributed by atoms with Crippen molar-refractivity contribution in [1.29, 1.82) is 0 Å². The maximum absolute atomic E-state index is 12.8. The predicted molar refractivity (Wildman–Crippen MR) is 87.7 cm³/mol. The van der Waals surface area contributed by atoms with E-state index in [1.54, 1.807) is 12.0 Å². The molecular formula is C16H21F3N2OS. The summed E-state index contributed by atoms with van der Waals surface area (Å²) in [5.41, 5.74) is 1.12. The molecule has 0 aromatic heterocycles. The van der Waals surface area contributed by atoms with Crippen molar-refractivity contribution in [2.45, 2.75) is 25.4 Å². The largest absolute Gasteiger partial charge is 0.497 e. The maximum Gasteiger partial charge on any atom is 0.393 e. The topological polar surface area (TPSA) is 24.5 Å². The van der Waals surface area contributed by atoms with Crippen LogP contribution in [0.25, 0.3) is 0 Å². The summed E-state index contributed by atoms with van der Waals surface area (Å²) in [6.45, 7) is 1.14. The smallest absolute Gasteiger partial charge is 0.393 e. The van der Waals surface area contributed by atoms with Crippen molar-refractivity contribution in [2.75, 3.05) is 26.7 Å². The van der Waals surface area contributed by atoms with Gasteiger partial charge in [0.1, 0.15) is 5.75 Å². The van der Waals surface area contributed by atoms with Crippen molar-refractivity contribution in [3.8, 4) is 5.75 Å². The van der Waals surface area contributed by atoms with Crippen molar-refractivity contribution >= 4 is 17.3 Å². The standard InChI is InChI=1S/C16H21F3N2OS/c1-22-14-6-4-12(5-7-14)8-9-20-15(23)21-10-2-3-13(11-21)16(17,18)19/h4-7,13H,2-3,8-11H2,1H3,(H,20,23)/t13-/m0/s1. The van der Waals surface area contributed by atoms with E-state index < -0.39 is 12.1 Å². The summed E-state index contributed by atoms with van der Waals surface area (Å²) >= 11 is 5.23. The van der Waals surface area contributed by atoms with E-state index in [2.05, 4.69) is 5.32 Å². The summed E-state index contributed by atoms with van der Waals surface area (Å²) < 4.78 is 43.5. The van der Waals surface area contributed by atoms with Crippen molar-refractivity contribution in [3.63, 3.8) is 0 Å². The Morgan fingerprint density at radius 3 is 2.65 bits per heavy atom. The fourth-order valence-electron chi connectivity index (χ4n) is 2.65. The molecule has 1 atom stereocenters. The molecule has 1 aliphatic heterocycles. The third-order valence-electron chi connectivity index (χ3n) is 4.02. The molecule has 1 N–H and O–H groups in total. The molecule has 1 aliphatic rings. The lowest BCUT2D eigenvalue weighted by molar-refractivity contribution is -0.183. The Labute approximate surface area is 139 Å². The Hall–Kier alpha value is -1.50. The number of nitrogens with one attached hydrogen (secondary N) is 1. The number of thiocarbonyl (C=S) groups is 1. The number of likely N-dealkylation sites (tertiary alicyclic amines) is 1. The van der Waals surface area contributed by atoms with Crippen molar-refractivity contribution in [1.82, 2.24) is 10.2 Å². The van der Waals surface area contributed by atoms with Gasteiger partial charge in [0.15, 0.2) is 5.11 Å². The van der Waals surface area contributed by atoms with Crippen molar-refractivity contribution in [3.05, 3.63) is 29.8 Å². The van der Waals surface area contributed by atoms with E-state index in [4.69, 9.17) is 17.0 Å². The molecule has 1 saturated heterocycles. The number of ether oxygens (including phenoxy) is 1. The SMILES string of the molecule is COc1ccc(CCNC(=S)N2CCC[C@H](C(F)(F)F)C2)cc1. The van der Waals surface area contributed by atoms with Crippen LogP contribution in [0.15, 0.2) is 24.3 Å². The van der Waals surface area contributed by atoms with Crippen LogP contribution >= 0.6 is 12.2 Å². The molecular weight excluding hydrogens is 325 g/mol. The van der Waals surface area contributed by atoms with E-state index in [1.807, 2.05) is 24.3 Å². The van der Waals surface area contributed by atoms with Gasteiger partial charge in [-0.25, -0.2) is 0 Å². The second kappa shape index (κ2) is 7.86. The molecule has 0 spiro atoms. The molecule has 1 heterocycles. The fraction of sp³-hybridized carbons (Fsp3) is 0.562. The van der Waals surface area contributed by atoms with Crippen LogP contribution in [0.5, 0.6) is 5.75 Å². The maximum atomic E-state index is 12.8. The average molecular weight is 346 g/mol. The summed E-state index contributed by atoms with van der Waals surface area (Å²) in [5.74, 6) is -0.485. The summed E-state index contributed by atoms with van der Waals surface area (Å²) in [7, 11) is 1.61. The van der Waals surface area contributed by atoms with Gasteiger partial charge in [-0.2, -0.15) is 13.2 Å². The van der Waals surface area contributed by atoms with Gasteiger partial charge < -0.3 is 15.0 Å². The molecule has 128 valence electrons. The summed E-state index contributed by atoms with van der Waals surface area (Å²) in [6.07, 6.45) is -2.68. The lowest BCUT2D eigenvalue weighted by Gasteiger charge is -2.35. The third-order valence-corrected chi connectivity index (χ3v) is 4.42. The highest BCUT2D eigenvalue weighted by atomic mass is 32.1. The molecule has 2 rings (SSSR count). The minimum Gasteiger partial charge on any atom is -0.497 e. The molecule has 0 bridgehead atoms. The molecule has 0 amide bonds. The monoisotopic (exact) mass is 346 g/mol. The molecule has 23 heavy (non-hydrogen) atoms. The Morgan fingerprint density at radius 1 is 1.35 bits per heavy atom. The van der Waals surface area contributed by atoms with Gasteiger partial charge in [0, 0.05) is 19.6 Å². The van der Waals surface area contributed by atoms with Crippen LogP contribution in [0.3, 0.4) is 0 Å². The van der Waals surface area contributed by atoms with Crippen LogP contribution < -0.4 is 10.1 Å². The van der Waals surface area contributed by atoms with E-state index in [9.17, 15) is 13.2 Å². The third kappa shape index (κ3) is 5.27. The highest BCUT2D eigenvalue weighted by molar-refractivity contribution is 7.80. The Kier molecular flexibility index (Phi) is 6.10. The minimum atomic E-state index is -4.14. The normalized spacial score (nSPS) is 18.6. The first kappa shape index (κ1) is 17.8. The summed E-state index contributed by atoms with van der Waals surface area (Å²) in [5, 5.41) is 3.47. The molecule has 1 aromatic rings. The first-order valence-corrected chi connectivity index (χ1v) is 8.03. The number of halogens is 3. The predicted octanol–water partition coefficient (Wildman–Crippen LogP) is 3.39. The lowest BCUT2D eigenvalue weighted by Crippen LogP contribution is -2.48. The van der Waals surface area contributed by atoms with Crippen LogP contribution in [-0.4, -0.2) is 42.9 Å². The van der Waals surface area contributed by atoms with Gasteiger partial charge in [0.2, 0.25) is 0 Å². The first-order chi connectivity index (χ1) is 10.9. The van der Waals surface area contributed by atoms with E-state index in [0.717, 1.165) is 17.7 Å². The molecule has 0 unspecified atom stereocenters. The molecule has 7 heteroatoms. The van der Waals surface area contributed by atoms with Crippen LogP contribution in [0.2, 0.25) is 0 Å². The number of alkyl halides is 3. The van der Waals surface area contributed by atoms with Gasteiger partial charge in [-0.3, -0.25) is 0 Å². The summed E-state index contributed by atoms with van der Waals surface area (Å²) in [6, 6.07) is 7.69. The van der Waals surface area contributed by atoms with Gasteiger partial charge in [-0.05, 0) is 49.2 Å². The van der Waals surface area contributed by atoms with Crippen LogP contribution in [0.4, 0.5) is 13.2 Å².